The Hall–Kier alpha value is -2.41. The summed E-state index contributed by atoms with van der Waals surface area (Å²) in [5.74, 6) is 0.102. The Bertz CT molecular complexity index is 989. The molecule has 138 valence electrons. The largest absolute Gasteiger partial charge is 0.212 e. The van der Waals surface area contributed by atoms with E-state index in [4.69, 9.17) is 2.74 Å². The summed E-state index contributed by atoms with van der Waals surface area (Å²) in [5.41, 5.74) is 6.44. The first-order valence-corrected chi connectivity index (χ1v) is 10.1. The lowest BCUT2D eigenvalue weighted by Gasteiger charge is -2.23. The van der Waals surface area contributed by atoms with Crippen LogP contribution >= 0.6 is 0 Å². The predicted molar refractivity (Wildman–Crippen MR) is 114 cm³/mol. The molecule has 1 heterocycles. The van der Waals surface area contributed by atoms with Crippen molar-refractivity contribution < 1.29 is 7.31 Å². The fourth-order valence-electron chi connectivity index (χ4n) is 4.26. The van der Waals surface area contributed by atoms with Gasteiger partial charge < -0.3 is 0 Å². The molecule has 1 saturated carbocycles. The van der Waals surface area contributed by atoms with Gasteiger partial charge in [-0.25, -0.2) is 4.57 Å². The number of rotatable bonds is 4. The Labute approximate surface area is 166 Å². The monoisotopic (exact) mass is 358 g/mol. The summed E-state index contributed by atoms with van der Waals surface area (Å²) < 4.78 is 20.3. The minimum atomic E-state index is -1.31. The molecule has 0 bridgehead atoms. The zero-order valence-electron chi connectivity index (χ0n) is 18.4. The van der Waals surface area contributed by atoms with Gasteiger partial charge in [0.1, 0.15) is 7.05 Å². The van der Waals surface area contributed by atoms with Gasteiger partial charge in [0.15, 0.2) is 6.20 Å². The van der Waals surface area contributed by atoms with Crippen molar-refractivity contribution >= 4 is 0 Å². The van der Waals surface area contributed by atoms with E-state index in [1.54, 1.807) is 0 Å². The number of hydrogen-bond acceptors (Lipinski definition) is 0. The lowest BCUT2D eigenvalue weighted by Crippen LogP contribution is -2.31. The molecule has 0 spiro atoms. The van der Waals surface area contributed by atoms with Crippen molar-refractivity contribution in [2.45, 2.75) is 45.4 Å². The third kappa shape index (κ3) is 3.98. The molecular weight excluding hydrogens is 326 g/mol. The van der Waals surface area contributed by atoms with E-state index < -0.39 is 6.37 Å². The van der Waals surface area contributed by atoms with Gasteiger partial charge in [0.25, 0.3) is 0 Å². The van der Waals surface area contributed by atoms with Crippen LogP contribution in [0.3, 0.4) is 0 Å². The Morgan fingerprint density at radius 1 is 0.889 bits per heavy atom. The first kappa shape index (κ1) is 15.6. The average molecular weight is 359 g/mol. The molecule has 1 aliphatic carbocycles. The number of benzene rings is 2. The summed E-state index contributed by atoms with van der Waals surface area (Å²) in [6.07, 6.45) is 6.34. The predicted octanol–water partition coefficient (Wildman–Crippen LogP) is 6.28. The molecule has 0 atom stereocenters. The highest BCUT2D eigenvalue weighted by Gasteiger charge is 2.21. The molecule has 0 N–H and O–H groups in total. The summed E-state index contributed by atoms with van der Waals surface area (Å²) in [5, 5.41) is 0. The van der Waals surface area contributed by atoms with Crippen LogP contribution in [0.15, 0.2) is 66.9 Å². The van der Waals surface area contributed by atoms with Crippen molar-refractivity contribution in [1.82, 2.24) is 0 Å². The zero-order chi connectivity index (χ0) is 20.4. The Kier molecular flexibility index (Phi) is 4.68. The lowest BCUT2D eigenvalue weighted by atomic mass is 9.82. The third-order valence-corrected chi connectivity index (χ3v) is 5.73. The minimum Gasteiger partial charge on any atom is -0.200 e. The smallest absolute Gasteiger partial charge is 0.200 e. The molecule has 1 heteroatoms. The molecule has 3 aromatic rings. The van der Waals surface area contributed by atoms with Crippen LogP contribution in [0.25, 0.3) is 22.4 Å². The van der Waals surface area contributed by atoms with Gasteiger partial charge in [-0.1, -0.05) is 80.6 Å². The Balaban J connectivity index is 1.79. The standard InChI is InChI=1S/C26H30N/c1-20-10-9-15-23(18-21-11-5-3-6-12-21)26(20)25-17-16-24(19-27(25)2)22-13-7-4-8-14-22/h4,7-10,13-17,19,21H,3,5-6,11-12,18H2,1-2H3/q+1/i18D2. The van der Waals surface area contributed by atoms with Crippen molar-refractivity contribution in [3.8, 4) is 22.4 Å². The van der Waals surface area contributed by atoms with E-state index in [9.17, 15) is 0 Å². The Morgan fingerprint density at radius 2 is 1.67 bits per heavy atom. The summed E-state index contributed by atoms with van der Waals surface area (Å²) in [7, 11) is 2.06. The van der Waals surface area contributed by atoms with E-state index >= 15 is 0 Å². The topological polar surface area (TPSA) is 3.88 Å². The van der Waals surface area contributed by atoms with Crippen LogP contribution in [-0.2, 0) is 13.4 Å². The molecule has 1 aliphatic rings. The van der Waals surface area contributed by atoms with E-state index in [0.717, 1.165) is 48.1 Å². The van der Waals surface area contributed by atoms with Gasteiger partial charge in [0, 0.05) is 14.4 Å². The van der Waals surface area contributed by atoms with Crippen LogP contribution in [0.4, 0.5) is 0 Å². The van der Waals surface area contributed by atoms with Gasteiger partial charge in [0.2, 0.25) is 5.69 Å². The second kappa shape index (κ2) is 8.08. The molecule has 2 aromatic carbocycles. The number of aromatic nitrogens is 1. The number of aryl methyl sites for hydroxylation is 2. The summed E-state index contributed by atoms with van der Waals surface area (Å²) in [4.78, 5) is 0. The molecule has 0 aliphatic heterocycles. The number of nitrogens with zero attached hydrogens (tertiary/aromatic N) is 1. The maximum atomic E-state index is 9.05. The van der Waals surface area contributed by atoms with Gasteiger partial charge in [-0.2, -0.15) is 0 Å². The molecule has 1 aromatic heterocycles. The summed E-state index contributed by atoms with van der Waals surface area (Å²) in [6, 6.07) is 20.8. The third-order valence-electron chi connectivity index (χ3n) is 5.73. The Morgan fingerprint density at radius 3 is 2.41 bits per heavy atom. The molecular formula is C26H30N+. The molecule has 0 radical (unpaired) electrons. The SMILES string of the molecule is [2H]C([2H])(c1cccc(C)c1-c1ccc(-c2ccccc2)c[n+]1C)C1CCCCC1. The van der Waals surface area contributed by atoms with E-state index in [1.165, 1.54) is 17.5 Å². The summed E-state index contributed by atoms with van der Waals surface area (Å²) >= 11 is 0. The van der Waals surface area contributed by atoms with Crippen molar-refractivity contribution in [3.05, 3.63) is 78.0 Å². The van der Waals surface area contributed by atoms with Crippen molar-refractivity contribution in [1.29, 1.82) is 0 Å². The molecule has 0 amide bonds. The highest BCUT2D eigenvalue weighted by molar-refractivity contribution is 5.68. The van der Waals surface area contributed by atoms with Crippen LogP contribution in [-0.4, -0.2) is 0 Å². The molecule has 27 heavy (non-hydrogen) atoms. The molecule has 1 nitrogen and oxygen atoms in total. The lowest BCUT2D eigenvalue weighted by molar-refractivity contribution is -0.659. The van der Waals surface area contributed by atoms with Gasteiger partial charge in [-0.15, -0.1) is 0 Å². The van der Waals surface area contributed by atoms with Gasteiger partial charge >= 0.3 is 0 Å². The summed E-state index contributed by atoms with van der Waals surface area (Å²) in [6.45, 7) is 2.10. The van der Waals surface area contributed by atoms with E-state index in [2.05, 4.69) is 67.2 Å². The van der Waals surface area contributed by atoms with Crippen molar-refractivity contribution in [2.75, 3.05) is 0 Å². The van der Waals surface area contributed by atoms with Crippen LogP contribution < -0.4 is 4.57 Å². The minimum absolute atomic E-state index is 0.102. The van der Waals surface area contributed by atoms with E-state index in [0.29, 0.717) is 0 Å². The highest BCUT2D eigenvalue weighted by Crippen LogP contribution is 2.32. The molecule has 0 saturated heterocycles. The van der Waals surface area contributed by atoms with Crippen LogP contribution in [0.2, 0.25) is 0 Å². The maximum absolute atomic E-state index is 9.05. The van der Waals surface area contributed by atoms with Crippen molar-refractivity contribution in [2.24, 2.45) is 13.0 Å². The number of pyridine rings is 1. The molecule has 1 fully saturated rings. The average Bonchev–Trinajstić information content (AvgIpc) is 2.75. The van der Waals surface area contributed by atoms with Crippen molar-refractivity contribution in [3.63, 3.8) is 0 Å². The molecule has 4 rings (SSSR count). The first-order chi connectivity index (χ1) is 14.0. The van der Waals surface area contributed by atoms with E-state index in [1.807, 2.05) is 18.2 Å². The maximum Gasteiger partial charge on any atom is 0.212 e. The number of hydrogen-bond donors (Lipinski definition) is 0. The fourth-order valence-corrected chi connectivity index (χ4v) is 4.26. The molecule has 0 unspecified atom stereocenters. The fraction of sp³-hybridized carbons (Fsp3) is 0.346. The quantitative estimate of drug-likeness (QED) is 0.483. The van der Waals surface area contributed by atoms with E-state index in [-0.39, 0.29) is 5.92 Å². The highest BCUT2D eigenvalue weighted by atomic mass is 14.9. The van der Waals surface area contributed by atoms with Gasteiger partial charge in [-0.05, 0) is 42.0 Å². The van der Waals surface area contributed by atoms with Gasteiger partial charge in [0.05, 0.1) is 5.56 Å². The second-order valence-corrected chi connectivity index (χ2v) is 7.76. The van der Waals surface area contributed by atoms with Gasteiger partial charge in [-0.3, -0.25) is 0 Å². The second-order valence-electron chi connectivity index (χ2n) is 7.76. The first-order valence-electron chi connectivity index (χ1n) is 11.1. The normalized spacial score (nSPS) is 16.7. The van der Waals surface area contributed by atoms with Crippen LogP contribution in [0.5, 0.6) is 0 Å². The van der Waals surface area contributed by atoms with Crippen LogP contribution in [0.1, 0.15) is 46.0 Å². The zero-order valence-corrected chi connectivity index (χ0v) is 16.4. The van der Waals surface area contributed by atoms with Crippen LogP contribution in [0, 0.1) is 12.8 Å².